The molecule has 0 aliphatic carbocycles. The van der Waals surface area contributed by atoms with Crippen LogP contribution >= 0.6 is 0 Å². The van der Waals surface area contributed by atoms with Crippen molar-refractivity contribution in [1.29, 1.82) is 0 Å². The summed E-state index contributed by atoms with van der Waals surface area (Å²) in [5, 5.41) is 9.22. The smallest absolute Gasteiger partial charge is 0.407 e. The Morgan fingerprint density at radius 2 is 1.82 bits per heavy atom. The van der Waals surface area contributed by atoms with Crippen molar-refractivity contribution >= 4 is 29.3 Å². The van der Waals surface area contributed by atoms with Gasteiger partial charge in [0.05, 0.1) is 0 Å². The van der Waals surface area contributed by atoms with E-state index < -0.39 is 6.09 Å². The third-order valence-corrected chi connectivity index (χ3v) is 7.28. The van der Waals surface area contributed by atoms with Crippen LogP contribution < -0.4 is 15.5 Å². The van der Waals surface area contributed by atoms with Crippen LogP contribution in [0.3, 0.4) is 0 Å². The summed E-state index contributed by atoms with van der Waals surface area (Å²) in [7, 11) is 2.14. The molecule has 1 aromatic heterocycles. The van der Waals surface area contributed by atoms with Crippen LogP contribution in [0.15, 0.2) is 30.3 Å². The Balaban J connectivity index is 1.38. The first-order valence-corrected chi connectivity index (χ1v) is 12.0. The van der Waals surface area contributed by atoms with Gasteiger partial charge in [-0.3, -0.25) is 0 Å². The van der Waals surface area contributed by atoms with E-state index in [9.17, 15) is 9.90 Å². The summed E-state index contributed by atoms with van der Waals surface area (Å²) in [6.07, 6.45) is 2.86. The van der Waals surface area contributed by atoms with Crippen molar-refractivity contribution in [2.24, 2.45) is 0 Å². The molecular weight excluding hydrogens is 430 g/mol. The number of likely N-dealkylation sites (N-methyl/N-ethyl adjacent to an activating group) is 1. The number of hydrogen-bond donors (Lipinski definition) is 2. The van der Waals surface area contributed by atoms with Gasteiger partial charge in [0.1, 0.15) is 11.6 Å². The number of amides is 1. The zero-order valence-corrected chi connectivity index (χ0v) is 19.9. The monoisotopic (exact) mass is 463 g/mol. The standard InChI is InChI=1S/C25H33N7O2/c1-17-13-19-3-4-20(18-5-7-31(8-6-18)25(33)34)14-21(19)16-32(17)23-15-22(27-24(26)28-23)30-11-9-29(2)10-12-30/h3-5,14-15,17H,6-13,16H2,1-2H3,(H,33,34)(H2,26,27,28). The fourth-order valence-electron chi connectivity index (χ4n) is 5.14. The molecule has 3 aliphatic rings. The Bertz CT molecular complexity index is 1110. The zero-order valence-electron chi connectivity index (χ0n) is 19.9. The van der Waals surface area contributed by atoms with Crippen molar-refractivity contribution in [3.05, 3.63) is 47.0 Å². The molecule has 2 aromatic rings. The molecule has 5 rings (SSSR count). The second-order valence-electron chi connectivity index (χ2n) is 9.61. The molecule has 0 saturated carbocycles. The predicted octanol–water partition coefficient (Wildman–Crippen LogP) is 2.53. The number of fused-ring (bicyclic) bond motifs is 1. The van der Waals surface area contributed by atoms with Crippen LogP contribution in [0.2, 0.25) is 0 Å². The van der Waals surface area contributed by atoms with Crippen molar-refractivity contribution in [3.63, 3.8) is 0 Å². The first-order valence-electron chi connectivity index (χ1n) is 12.0. The van der Waals surface area contributed by atoms with E-state index in [0.717, 1.165) is 57.2 Å². The van der Waals surface area contributed by atoms with E-state index in [0.29, 0.717) is 25.1 Å². The maximum absolute atomic E-state index is 11.2. The number of benzene rings is 1. The summed E-state index contributed by atoms with van der Waals surface area (Å²) in [5.74, 6) is 2.09. The van der Waals surface area contributed by atoms with Gasteiger partial charge in [-0.05, 0) is 55.1 Å². The lowest BCUT2D eigenvalue weighted by Crippen LogP contribution is -2.45. The number of piperazine rings is 1. The number of carbonyl (C=O) groups is 1. The lowest BCUT2D eigenvalue weighted by atomic mass is 9.90. The highest BCUT2D eigenvalue weighted by molar-refractivity contribution is 5.72. The molecule has 180 valence electrons. The quantitative estimate of drug-likeness (QED) is 0.716. The molecule has 1 amide bonds. The zero-order chi connectivity index (χ0) is 23.8. The van der Waals surface area contributed by atoms with Crippen LogP contribution in [0.5, 0.6) is 0 Å². The summed E-state index contributed by atoms with van der Waals surface area (Å²) >= 11 is 0. The number of nitrogens with zero attached hydrogens (tertiary/aromatic N) is 6. The molecule has 1 unspecified atom stereocenters. The van der Waals surface area contributed by atoms with Gasteiger partial charge in [0, 0.05) is 57.9 Å². The Morgan fingerprint density at radius 1 is 1.06 bits per heavy atom. The molecule has 1 saturated heterocycles. The van der Waals surface area contributed by atoms with E-state index in [4.69, 9.17) is 5.73 Å². The molecule has 1 fully saturated rings. The van der Waals surface area contributed by atoms with Crippen LogP contribution in [0.4, 0.5) is 22.4 Å². The van der Waals surface area contributed by atoms with Crippen LogP contribution in [-0.4, -0.2) is 83.3 Å². The average molecular weight is 464 g/mol. The van der Waals surface area contributed by atoms with Gasteiger partial charge >= 0.3 is 6.09 Å². The van der Waals surface area contributed by atoms with Crippen molar-refractivity contribution in [2.45, 2.75) is 32.4 Å². The van der Waals surface area contributed by atoms with Crippen molar-refractivity contribution in [1.82, 2.24) is 19.8 Å². The molecule has 9 nitrogen and oxygen atoms in total. The van der Waals surface area contributed by atoms with Crippen molar-refractivity contribution < 1.29 is 9.90 Å². The van der Waals surface area contributed by atoms with Crippen molar-refractivity contribution in [3.8, 4) is 0 Å². The summed E-state index contributed by atoms with van der Waals surface area (Å²) in [6, 6.07) is 9.05. The molecule has 0 spiro atoms. The van der Waals surface area contributed by atoms with Crippen LogP contribution in [0.25, 0.3) is 5.57 Å². The van der Waals surface area contributed by atoms with E-state index in [1.807, 2.05) is 6.08 Å². The number of rotatable bonds is 3. The van der Waals surface area contributed by atoms with Crippen molar-refractivity contribution in [2.75, 3.05) is 61.8 Å². The molecule has 0 radical (unpaired) electrons. The molecular formula is C25H33N7O2. The molecule has 1 aromatic carbocycles. The van der Waals surface area contributed by atoms with Gasteiger partial charge in [0.15, 0.2) is 0 Å². The first kappa shape index (κ1) is 22.5. The molecule has 34 heavy (non-hydrogen) atoms. The molecule has 9 heteroatoms. The van der Waals surface area contributed by atoms with E-state index in [1.54, 1.807) is 0 Å². The van der Waals surface area contributed by atoms with Gasteiger partial charge in [-0.2, -0.15) is 9.97 Å². The molecule has 4 heterocycles. The van der Waals surface area contributed by atoms with Gasteiger partial charge in [0.25, 0.3) is 0 Å². The first-order chi connectivity index (χ1) is 16.4. The minimum Gasteiger partial charge on any atom is -0.465 e. The number of carboxylic acid groups (broad SMARTS) is 1. The largest absolute Gasteiger partial charge is 0.465 e. The van der Waals surface area contributed by atoms with E-state index in [-0.39, 0.29) is 0 Å². The highest BCUT2D eigenvalue weighted by Crippen LogP contribution is 2.32. The molecule has 1 atom stereocenters. The normalized spacial score (nSPS) is 21.3. The second-order valence-corrected chi connectivity index (χ2v) is 9.61. The highest BCUT2D eigenvalue weighted by atomic mass is 16.4. The molecule has 0 bridgehead atoms. The summed E-state index contributed by atoms with van der Waals surface area (Å²) in [5.41, 5.74) is 11.2. The second kappa shape index (κ2) is 9.13. The predicted molar refractivity (Wildman–Crippen MR) is 134 cm³/mol. The van der Waals surface area contributed by atoms with E-state index >= 15 is 0 Å². The fraction of sp³-hybridized carbons (Fsp3) is 0.480. The summed E-state index contributed by atoms with van der Waals surface area (Å²) in [6.45, 7) is 7.86. The minimum atomic E-state index is -0.856. The lowest BCUT2D eigenvalue weighted by molar-refractivity contribution is 0.150. The van der Waals surface area contributed by atoms with E-state index in [1.165, 1.54) is 27.2 Å². The third kappa shape index (κ3) is 4.52. The van der Waals surface area contributed by atoms with Crippen LogP contribution in [0.1, 0.15) is 30.0 Å². The SMILES string of the molecule is CC1Cc2ccc(C3=CCN(C(=O)O)CC3)cc2CN1c1cc(N2CCN(C)CC2)nc(N)n1. The maximum Gasteiger partial charge on any atom is 0.407 e. The number of anilines is 3. The Kier molecular flexibility index (Phi) is 6.03. The Labute approximate surface area is 200 Å². The minimum absolute atomic E-state index is 0.297. The molecule has 3 aliphatic heterocycles. The lowest BCUT2D eigenvalue weighted by Gasteiger charge is -2.37. The molecule has 3 N–H and O–H groups in total. The van der Waals surface area contributed by atoms with Gasteiger partial charge in [-0.15, -0.1) is 0 Å². The number of nitrogens with two attached hydrogens (primary N) is 1. The number of nitrogen functional groups attached to an aromatic ring is 1. The van der Waals surface area contributed by atoms with Crippen LogP contribution in [0, 0.1) is 0 Å². The summed E-state index contributed by atoms with van der Waals surface area (Å²) in [4.78, 5) is 28.8. The van der Waals surface area contributed by atoms with Crippen LogP contribution in [-0.2, 0) is 13.0 Å². The Hall–Kier alpha value is -3.33. The van der Waals surface area contributed by atoms with E-state index in [2.05, 4.69) is 62.9 Å². The highest BCUT2D eigenvalue weighted by Gasteiger charge is 2.27. The van der Waals surface area contributed by atoms with Gasteiger partial charge in [-0.25, -0.2) is 4.79 Å². The maximum atomic E-state index is 11.2. The number of aromatic nitrogens is 2. The summed E-state index contributed by atoms with van der Waals surface area (Å²) < 4.78 is 0. The topological polar surface area (TPSA) is 102 Å². The number of hydrogen-bond acceptors (Lipinski definition) is 7. The third-order valence-electron chi connectivity index (χ3n) is 7.28. The average Bonchev–Trinajstić information content (AvgIpc) is 2.83. The van der Waals surface area contributed by atoms with Gasteiger partial charge < -0.3 is 30.4 Å². The van der Waals surface area contributed by atoms with Gasteiger partial charge in [-0.1, -0.05) is 18.2 Å². The van der Waals surface area contributed by atoms with Gasteiger partial charge in [0.2, 0.25) is 5.95 Å². The fourth-order valence-corrected chi connectivity index (χ4v) is 5.14. The Morgan fingerprint density at radius 3 is 2.53 bits per heavy atom.